The van der Waals surface area contributed by atoms with Gasteiger partial charge in [-0.2, -0.15) is 0 Å². The molecule has 3 N–H and O–H groups in total. The van der Waals surface area contributed by atoms with Crippen molar-refractivity contribution in [2.45, 2.75) is 6.16 Å². The Bertz CT molecular complexity index is 974. The fourth-order valence-electron chi connectivity index (χ4n) is 2.56. The Kier molecular flexibility index (Phi) is 5.89. The number of hydrogen-bond acceptors (Lipinski definition) is 5. The van der Waals surface area contributed by atoms with Crippen LogP contribution in [0, 0.1) is 0 Å². The van der Waals surface area contributed by atoms with Crippen molar-refractivity contribution in [1.29, 1.82) is 0 Å². The van der Waals surface area contributed by atoms with Gasteiger partial charge >= 0.3 is 7.60 Å². The van der Waals surface area contributed by atoms with Gasteiger partial charge in [0.2, 0.25) is 0 Å². The largest absolute Gasteiger partial charge is 0.332 e. The number of hydrogen-bond donors (Lipinski definition) is 2. The van der Waals surface area contributed by atoms with Gasteiger partial charge in [-0.25, -0.2) is 10.9 Å². The van der Waals surface area contributed by atoms with Crippen LogP contribution in [0.4, 0.5) is 5.69 Å². The van der Waals surface area contributed by atoms with Gasteiger partial charge in [-0.1, -0.05) is 30.3 Å². The fourth-order valence-corrected chi connectivity index (χ4v) is 4.08. The van der Waals surface area contributed by atoms with E-state index in [-0.39, 0.29) is 12.1 Å². The number of anilines is 1. The lowest BCUT2D eigenvalue weighted by Gasteiger charge is -2.18. The van der Waals surface area contributed by atoms with Crippen molar-refractivity contribution in [3.63, 3.8) is 0 Å². The van der Waals surface area contributed by atoms with E-state index in [1.807, 2.05) is 35.7 Å². The molecule has 0 saturated heterocycles. The third-order valence-corrected chi connectivity index (χ3v) is 6.27. The molecule has 1 aromatic heterocycles. The van der Waals surface area contributed by atoms with E-state index in [4.69, 9.17) is 5.84 Å². The van der Waals surface area contributed by atoms with Gasteiger partial charge in [0, 0.05) is 17.6 Å². The van der Waals surface area contributed by atoms with E-state index in [9.17, 15) is 14.3 Å². The van der Waals surface area contributed by atoms with Crippen LogP contribution in [0.15, 0.2) is 66.0 Å². The van der Waals surface area contributed by atoms with Gasteiger partial charge in [-0.3, -0.25) is 9.36 Å². The standard InChI is InChI=1S/C19H19N2O4PS/c1-25-26(23,24)13-14-7-9-15(10-8-14)19(22)21(20)17-5-2-4-16(12-17)18-6-3-11-27-18/h2-12H,13,20H2,1H3,(H,23,24). The van der Waals surface area contributed by atoms with Gasteiger partial charge in [0.25, 0.3) is 5.91 Å². The minimum atomic E-state index is -3.65. The van der Waals surface area contributed by atoms with E-state index in [1.54, 1.807) is 41.7 Å². The molecule has 3 aromatic rings. The van der Waals surface area contributed by atoms with E-state index in [0.717, 1.165) is 15.4 Å². The van der Waals surface area contributed by atoms with Crippen molar-refractivity contribution < 1.29 is 18.8 Å². The first kappa shape index (κ1) is 19.5. The van der Waals surface area contributed by atoms with Crippen LogP contribution >= 0.6 is 18.9 Å². The van der Waals surface area contributed by atoms with Crippen molar-refractivity contribution in [2.75, 3.05) is 12.1 Å². The lowest BCUT2D eigenvalue weighted by atomic mass is 10.1. The molecule has 0 spiro atoms. The molecule has 0 bridgehead atoms. The molecule has 2 aromatic carbocycles. The van der Waals surface area contributed by atoms with Gasteiger partial charge < -0.3 is 9.42 Å². The molecule has 1 amide bonds. The molecule has 1 atom stereocenters. The van der Waals surface area contributed by atoms with Gasteiger partial charge in [-0.15, -0.1) is 11.3 Å². The zero-order valence-corrected chi connectivity index (χ0v) is 16.3. The smallest absolute Gasteiger partial charge is 0.324 e. The normalized spacial score (nSPS) is 13.1. The molecule has 0 radical (unpaired) electrons. The van der Waals surface area contributed by atoms with Crippen molar-refractivity contribution in [1.82, 2.24) is 0 Å². The number of benzene rings is 2. The van der Waals surface area contributed by atoms with E-state index in [0.29, 0.717) is 16.8 Å². The molecule has 0 fully saturated rings. The summed E-state index contributed by atoms with van der Waals surface area (Å²) in [5.74, 6) is 5.67. The van der Waals surface area contributed by atoms with Crippen LogP contribution in [0.3, 0.4) is 0 Å². The molecule has 140 valence electrons. The zero-order valence-electron chi connectivity index (χ0n) is 14.6. The Morgan fingerprint density at radius 3 is 2.56 bits per heavy atom. The summed E-state index contributed by atoms with van der Waals surface area (Å²) >= 11 is 1.61. The number of rotatable bonds is 6. The third kappa shape index (κ3) is 4.71. The van der Waals surface area contributed by atoms with E-state index < -0.39 is 7.60 Å². The molecular formula is C19H19N2O4PS. The number of nitrogens with two attached hydrogens (primary N) is 1. The highest BCUT2D eigenvalue weighted by Crippen LogP contribution is 2.44. The summed E-state index contributed by atoms with van der Waals surface area (Å²) in [6, 6.07) is 17.8. The van der Waals surface area contributed by atoms with Crippen LogP contribution in [0.1, 0.15) is 15.9 Å². The molecule has 0 saturated carbocycles. The minimum Gasteiger partial charge on any atom is -0.324 e. The van der Waals surface area contributed by atoms with Gasteiger partial charge in [0.05, 0.1) is 11.8 Å². The number of amides is 1. The molecule has 8 heteroatoms. The fraction of sp³-hybridized carbons (Fsp3) is 0.105. The lowest BCUT2D eigenvalue weighted by molar-refractivity contribution is 0.0987. The summed E-state index contributed by atoms with van der Waals surface area (Å²) < 4.78 is 16.2. The molecule has 1 unspecified atom stereocenters. The van der Waals surface area contributed by atoms with Crippen molar-refractivity contribution in [2.24, 2.45) is 5.84 Å². The summed E-state index contributed by atoms with van der Waals surface area (Å²) in [6.07, 6.45) is -0.118. The molecule has 0 aliphatic carbocycles. The van der Waals surface area contributed by atoms with Crippen LogP contribution in [0.5, 0.6) is 0 Å². The Morgan fingerprint density at radius 2 is 1.93 bits per heavy atom. The van der Waals surface area contributed by atoms with Crippen molar-refractivity contribution >= 4 is 30.5 Å². The number of hydrazine groups is 1. The maximum absolute atomic E-state index is 12.7. The lowest BCUT2D eigenvalue weighted by Crippen LogP contribution is -2.37. The highest BCUT2D eigenvalue weighted by Gasteiger charge is 2.19. The Hall–Kier alpha value is -2.28. The number of nitrogens with zero attached hydrogens (tertiary/aromatic N) is 1. The predicted octanol–water partition coefficient (Wildman–Crippen LogP) is 4.27. The number of carbonyl (C=O) groups is 1. The first-order valence-corrected chi connectivity index (χ1v) is 10.7. The second-order valence-electron chi connectivity index (χ2n) is 5.88. The first-order valence-electron chi connectivity index (χ1n) is 8.09. The van der Waals surface area contributed by atoms with Gasteiger partial charge in [0.1, 0.15) is 0 Å². The summed E-state index contributed by atoms with van der Waals surface area (Å²) in [4.78, 5) is 23.3. The maximum Gasteiger partial charge on any atom is 0.332 e. The molecular weight excluding hydrogens is 383 g/mol. The topological polar surface area (TPSA) is 92.9 Å². The SMILES string of the molecule is COP(=O)(O)Cc1ccc(C(=O)N(N)c2cccc(-c3cccs3)c2)cc1. The summed E-state index contributed by atoms with van der Waals surface area (Å²) in [5, 5.41) is 3.09. The molecule has 0 aliphatic heterocycles. The van der Waals surface area contributed by atoms with Crippen LogP contribution in [-0.2, 0) is 15.3 Å². The zero-order chi connectivity index (χ0) is 19.4. The highest BCUT2D eigenvalue weighted by molar-refractivity contribution is 7.51. The average Bonchev–Trinajstić information content (AvgIpc) is 3.22. The molecule has 1 heterocycles. The third-order valence-electron chi connectivity index (χ3n) is 4.02. The summed E-state index contributed by atoms with van der Waals surface area (Å²) in [5.41, 5.74) is 2.55. The highest BCUT2D eigenvalue weighted by atomic mass is 32.1. The molecule has 3 rings (SSSR count). The quantitative estimate of drug-likeness (QED) is 0.278. The second-order valence-corrected chi connectivity index (χ2v) is 8.78. The molecule has 0 aliphatic rings. The van der Waals surface area contributed by atoms with Gasteiger partial charge in [0.15, 0.2) is 0 Å². The molecule has 27 heavy (non-hydrogen) atoms. The van der Waals surface area contributed by atoms with Gasteiger partial charge in [-0.05, 0) is 46.8 Å². The Balaban J connectivity index is 1.78. The average molecular weight is 402 g/mol. The Labute approximate surface area is 161 Å². The monoisotopic (exact) mass is 402 g/mol. The summed E-state index contributed by atoms with van der Waals surface area (Å²) in [7, 11) is -2.46. The number of carbonyl (C=O) groups excluding carboxylic acids is 1. The van der Waals surface area contributed by atoms with E-state index in [1.165, 1.54) is 7.11 Å². The predicted molar refractivity (Wildman–Crippen MR) is 108 cm³/mol. The van der Waals surface area contributed by atoms with E-state index >= 15 is 0 Å². The minimum absolute atomic E-state index is 0.118. The molecule has 6 nitrogen and oxygen atoms in total. The van der Waals surface area contributed by atoms with Crippen LogP contribution < -0.4 is 10.9 Å². The van der Waals surface area contributed by atoms with E-state index in [2.05, 4.69) is 4.52 Å². The maximum atomic E-state index is 12.7. The van der Waals surface area contributed by atoms with Crippen molar-refractivity contribution in [3.05, 3.63) is 77.2 Å². The first-order chi connectivity index (χ1) is 12.9. The second kappa shape index (κ2) is 8.17. The van der Waals surface area contributed by atoms with Crippen molar-refractivity contribution in [3.8, 4) is 10.4 Å². The van der Waals surface area contributed by atoms with Crippen LogP contribution in [0.2, 0.25) is 0 Å². The summed E-state index contributed by atoms with van der Waals surface area (Å²) in [6.45, 7) is 0. The van der Waals surface area contributed by atoms with Crippen LogP contribution in [-0.4, -0.2) is 17.9 Å². The van der Waals surface area contributed by atoms with Crippen LogP contribution in [0.25, 0.3) is 10.4 Å². The number of thiophene rings is 1. The Morgan fingerprint density at radius 1 is 1.19 bits per heavy atom.